The third kappa shape index (κ3) is 12.9. The van der Waals surface area contributed by atoms with Gasteiger partial charge in [0, 0.05) is 81.2 Å². The molecular formula is C55H62F3N9O9S2. The van der Waals surface area contributed by atoms with Crippen LogP contribution in [-0.4, -0.2) is 149 Å². The number of carbonyl (C=O) groups excluding carboxylic acids is 4. The van der Waals surface area contributed by atoms with E-state index < -0.39 is 81.1 Å². The highest BCUT2D eigenvalue weighted by molar-refractivity contribution is 7.90. The lowest BCUT2D eigenvalue weighted by Crippen LogP contribution is -2.60. The molecule has 4 atom stereocenters. The molecule has 0 saturated carbocycles. The van der Waals surface area contributed by atoms with Gasteiger partial charge in [-0.25, -0.2) is 23.1 Å². The van der Waals surface area contributed by atoms with Gasteiger partial charge in [-0.05, 0) is 78.6 Å². The minimum Gasteiger partial charge on any atom is -0.494 e. The molecule has 6 heterocycles. The molecule has 3 aromatic heterocycles. The number of thiazole rings is 1. The molecule has 23 heteroatoms. The van der Waals surface area contributed by atoms with Crippen LogP contribution in [0.4, 0.5) is 18.9 Å². The Morgan fingerprint density at radius 3 is 2.36 bits per heavy atom. The number of ether oxygens (including phenoxy) is 2. The molecule has 0 radical (unpaired) electrons. The number of unbranched alkanes of at least 4 members (excludes halogenated alkanes) is 1. The Hall–Kier alpha value is -6.76. The van der Waals surface area contributed by atoms with Crippen molar-refractivity contribution in [3.63, 3.8) is 0 Å². The summed E-state index contributed by atoms with van der Waals surface area (Å²) in [4.78, 5) is 70.6. The number of aryl methyl sites for hydroxylation is 1. The van der Waals surface area contributed by atoms with E-state index in [1.165, 1.54) is 11.1 Å². The molecule has 0 aliphatic carbocycles. The molecule has 18 nitrogen and oxygen atoms in total. The molecule has 78 heavy (non-hydrogen) atoms. The predicted octanol–water partition coefficient (Wildman–Crippen LogP) is 6.54. The molecule has 0 bridgehead atoms. The number of alkyl halides is 1. The standard InChI is InChI=1S/C55H62F3N9O9S2/c1-32-50(77-31-62-32)35-9-7-33(8-10-35)23-61-53(71)45-22-38(68)27-67(45)54(72)51(55(2,3)4)63-46(69)30-65-28-40(29-65)76-20-6-5-19-75-39-13-11-34(12-14-39)36-21-41-42(25-60-52(41)59-24-36)49(70)47-43(57)15-16-44(48(47)58)64-78(73,74)66-18-17-37(56)26-66/h7-16,21,24-25,31,37-38,40,45,51,64,68H,5-6,17-20,22-23,26-30H2,1-4H3,(H,59,60)(H,61,71)(H,63,69)/t37-,38-,45+,51-/m1/s1. The zero-order chi connectivity index (χ0) is 55.5. The number of fused-ring (bicyclic) bond motifs is 1. The van der Waals surface area contributed by atoms with Gasteiger partial charge in [0.25, 0.3) is 0 Å². The number of aromatic amines is 1. The van der Waals surface area contributed by atoms with Gasteiger partial charge in [0.15, 0.2) is 5.82 Å². The molecule has 3 aromatic carbocycles. The number of amides is 3. The summed E-state index contributed by atoms with van der Waals surface area (Å²) < 4.78 is 85.0. The number of aliphatic hydroxyl groups excluding tert-OH is 1. The highest BCUT2D eigenvalue weighted by Gasteiger charge is 2.45. The Labute approximate surface area is 453 Å². The number of halogens is 3. The van der Waals surface area contributed by atoms with E-state index in [0.717, 1.165) is 50.1 Å². The number of aliphatic hydroxyl groups is 1. The highest BCUT2D eigenvalue weighted by Crippen LogP contribution is 2.33. The molecule has 5 N–H and O–H groups in total. The van der Waals surface area contributed by atoms with Crippen molar-refractivity contribution in [2.75, 3.05) is 57.2 Å². The lowest BCUT2D eigenvalue weighted by molar-refractivity contribution is -0.144. The lowest BCUT2D eigenvalue weighted by atomic mass is 9.85. The van der Waals surface area contributed by atoms with Gasteiger partial charge in [-0.2, -0.15) is 12.7 Å². The Morgan fingerprint density at radius 2 is 1.67 bits per heavy atom. The van der Waals surface area contributed by atoms with Crippen molar-refractivity contribution in [1.29, 1.82) is 0 Å². The number of anilines is 1. The van der Waals surface area contributed by atoms with E-state index in [0.29, 0.717) is 44.0 Å². The molecular weight excluding hydrogens is 1050 g/mol. The number of nitrogens with one attached hydrogen (secondary N) is 4. The molecule has 3 fully saturated rings. The topological polar surface area (TPSA) is 228 Å². The number of rotatable bonds is 21. The summed E-state index contributed by atoms with van der Waals surface area (Å²) in [6.07, 6.45) is 2.07. The number of aromatic nitrogens is 3. The number of likely N-dealkylation sites (tertiary alicyclic amines) is 2. The first-order valence-electron chi connectivity index (χ1n) is 25.8. The zero-order valence-corrected chi connectivity index (χ0v) is 45.2. The Bertz CT molecular complexity index is 3280. The maximum Gasteiger partial charge on any atom is 0.301 e. The third-order valence-corrected chi connectivity index (χ3v) is 16.6. The average molecular weight is 1110 g/mol. The summed E-state index contributed by atoms with van der Waals surface area (Å²) in [6, 6.07) is 16.5. The van der Waals surface area contributed by atoms with Gasteiger partial charge >= 0.3 is 10.2 Å². The van der Waals surface area contributed by atoms with E-state index in [1.807, 2.05) is 73.7 Å². The van der Waals surface area contributed by atoms with Gasteiger partial charge in [-0.15, -0.1) is 11.3 Å². The normalized spacial score (nSPS) is 18.7. The number of carbonyl (C=O) groups is 4. The largest absolute Gasteiger partial charge is 0.494 e. The molecule has 3 aliphatic heterocycles. The summed E-state index contributed by atoms with van der Waals surface area (Å²) in [5.74, 6) is -4.16. The van der Waals surface area contributed by atoms with Crippen molar-refractivity contribution in [3.05, 3.63) is 119 Å². The third-order valence-electron chi connectivity index (χ3n) is 14.1. The van der Waals surface area contributed by atoms with E-state index in [1.54, 1.807) is 41.2 Å². The number of benzene rings is 3. The average Bonchev–Trinajstić information content (AvgIpc) is 4.28. The SMILES string of the molecule is Cc1ncsc1-c1ccc(CNC(=O)[C@@H]2C[C@@H](O)CN2C(=O)[C@@H](NC(=O)CN2CC(OCCCCOc3ccc(-c4cnc5[nH]cc(C(=O)c6c(F)ccc(NS(=O)(=O)N7CC[C@@H](F)C7)c6F)c5c4)cc3)C2)C(C)(C)C)cc1. The van der Waals surface area contributed by atoms with Crippen LogP contribution in [0, 0.1) is 24.0 Å². The van der Waals surface area contributed by atoms with E-state index in [-0.39, 0.29) is 73.5 Å². The fourth-order valence-corrected chi connectivity index (χ4v) is 11.8. The second-order valence-corrected chi connectivity index (χ2v) is 23.5. The first-order chi connectivity index (χ1) is 37.2. The molecule has 3 aliphatic rings. The predicted molar refractivity (Wildman–Crippen MR) is 288 cm³/mol. The number of nitrogens with zero attached hydrogens (tertiary/aromatic N) is 5. The molecule has 6 aromatic rings. The summed E-state index contributed by atoms with van der Waals surface area (Å²) >= 11 is 1.56. The maximum atomic E-state index is 15.7. The maximum absolute atomic E-state index is 15.7. The number of ketones is 1. The van der Waals surface area contributed by atoms with Gasteiger partial charge < -0.3 is 35.1 Å². The van der Waals surface area contributed by atoms with Crippen molar-refractivity contribution in [1.82, 2.24) is 39.7 Å². The summed E-state index contributed by atoms with van der Waals surface area (Å²) in [5.41, 5.74) is 3.89. The fourth-order valence-electron chi connectivity index (χ4n) is 9.77. The van der Waals surface area contributed by atoms with Crippen LogP contribution in [0.15, 0.2) is 84.6 Å². The first-order valence-corrected chi connectivity index (χ1v) is 28.1. The van der Waals surface area contributed by atoms with Crippen LogP contribution in [0.3, 0.4) is 0 Å². The smallest absolute Gasteiger partial charge is 0.301 e. The first kappa shape index (κ1) is 56.0. The minimum atomic E-state index is -4.38. The van der Waals surface area contributed by atoms with Crippen LogP contribution in [-0.2, 0) is 35.9 Å². The van der Waals surface area contributed by atoms with E-state index in [4.69, 9.17) is 9.47 Å². The molecule has 3 saturated heterocycles. The van der Waals surface area contributed by atoms with E-state index >= 15 is 8.78 Å². The highest BCUT2D eigenvalue weighted by atomic mass is 32.2. The monoisotopic (exact) mass is 1110 g/mol. The van der Waals surface area contributed by atoms with Crippen molar-refractivity contribution >= 4 is 61.8 Å². The number of H-pyrrole nitrogens is 1. The van der Waals surface area contributed by atoms with Gasteiger partial charge in [0.2, 0.25) is 23.5 Å². The number of pyridine rings is 1. The Kier molecular flexibility index (Phi) is 17.0. The Morgan fingerprint density at radius 1 is 0.936 bits per heavy atom. The Balaban J connectivity index is 0.692. The minimum absolute atomic E-state index is 0.0125. The van der Waals surface area contributed by atoms with Crippen molar-refractivity contribution in [2.45, 2.75) is 90.4 Å². The summed E-state index contributed by atoms with van der Waals surface area (Å²) in [5, 5.41) is 16.8. The molecule has 0 spiro atoms. The second kappa shape index (κ2) is 23.7. The number of hydrogen-bond donors (Lipinski definition) is 5. The molecule has 3 amide bonds. The van der Waals surface area contributed by atoms with Crippen molar-refractivity contribution < 1.29 is 55.3 Å². The molecule has 0 unspecified atom stereocenters. The molecule has 9 rings (SSSR count). The number of β-amino-alcohol motifs (C(OH)–C–C–N with tert-alkyl or cyclic N) is 1. The lowest BCUT2D eigenvalue weighted by Gasteiger charge is -2.39. The van der Waals surface area contributed by atoms with E-state index in [2.05, 4.69) is 25.6 Å². The second-order valence-electron chi connectivity index (χ2n) is 21.0. The quantitative estimate of drug-likeness (QED) is 0.0383. The van der Waals surface area contributed by atoms with Gasteiger partial charge in [0.1, 0.15) is 35.5 Å². The van der Waals surface area contributed by atoms with E-state index in [9.17, 15) is 37.1 Å². The van der Waals surface area contributed by atoms with Gasteiger partial charge in [0.05, 0.1) is 52.7 Å². The molecule has 414 valence electrons. The van der Waals surface area contributed by atoms with Gasteiger partial charge in [-0.1, -0.05) is 57.2 Å². The van der Waals surface area contributed by atoms with Crippen LogP contribution in [0.5, 0.6) is 5.75 Å². The van der Waals surface area contributed by atoms with Crippen molar-refractivity contribution in [3.8, 4) is 27.3 Å². The van der Waals surface area contributed by atoms with Gasteiger partial charge in [-0.3, -0.25) is 28.8 Å². The summed E-state index contributed by atoms with van der Waals surface area (Å²) in [6.45, 7) is 9.28. The van der Waals surface area contributed by atoms with Crippen molar-refractivity contribution in [2.24, 2.45) is 5.41 Å². The van der Waals surface area contributed by atoms with Crippen LogP contribution in [0.25, 0.3) is 32.6 Å². The van der Waals surface area contributed by atoms with Crippen LogP contribution in [0.2, 0.25) is 0 Å². The fraction of sp³-hybridized carbons (Fsp3) is 0.418. The van der Waals surface area contributed by atoms with Crippen LogP contribution < -0.4 is 20.1 Å². The zero-order valence-electron chi connectivity index (χ0n) is 43.6. The number of hydrogen-bond acceptors (Lipinski definition) is 13. The van der Waals surface area contributed by atoms with Crippen LogP contribution >= 0.6 is 11.3 Å². The van der Waals surface area contributed by atoms with Crippen LogP contribution in [0.1, 0.15) is 73.6 Å². The summed E-state index contributed by atoms with van der Waals surface area (Å²) in [7, 11) is -4.38.